The quantitative estimate of drug-likeness (QED) is 0.0389. The van der Waals surface area contributed by atoms with Gasteiger partial charge in [-0.3, -0.25) is 29.8 Å². The van der Waals surface area contributed by atoms with Crippen molar-refractivity contribution in [3.05, 3.63) is 127 Å². The molecule has 368 valence electrons. The minimum absolute atomic E-state index is 0.0586. The summed E-state index contributed by atoms with van der Waals surface area (Å²) in [5.74, 6) is -0.632. The number of nitrogens with one attached hydrogen (secondary N) is 1. The van der Waals surface area contributed by atoms with Crippen LogP contribution in [0.25, 0.3) is 0 Å². The van der Waals surface area contributed by atoms with Crippen molar-refractivity contribution in [1.29, 1.82) is 0 Å². The van der Waals surface area contributed by atoms with Gasteiger partial charge in [0, 0.05) is 61.6 Å². The molecule has 1 amide bonds. The summed E-state index contributed by atoms with van der Waals surface area (Å²) in [5.41, 5.74) is 5.83. The van der Waals surface area contributed by atoms with Gasteiger partial charge >= 0.3 is 12.4 Å². The maximum absolute atomic E-state index is 13.1. The maximum Gasteiger partial charge on any atom is 0.416 e. The van der Waals surface area contributed by atoms with Gasteiger partial charge in [0.1, 0.15) is 0 Å². The average Bonchev–Trinajstić information content (AvgIpc) is 3.30. The lowest BCUT2D eigenvalue weighted by Gasteiger charge is -2.31. The van der Waals surface area contributed by atoms with E-state index in [0.29, 0.717) is 18.8 Å². The van der Waals surface area contributed by atoms with Crippen molar-refractivity contribution in [2.75, 3.05) is 72.0 Å². The minimum Gasteiger partial charge on any atom is -0.397 e. The molecule has 4 aromatic carbocycles. The molecule has 0 aromatic heterocycles. The zero-order valence-corrected chi connectivity index (χ0v) is 39.4. The summed E-state index contributed by atoms with van der Waals surface area (Å²) in [7, 11) is 0. The lowest BCUT2D eigenvalue weighted by atomic mass is 10.1. The Kier molecular flexibility index (Phi) is 24.8. The van der Waals surface area contributed by atoms with Crippen LogP contribution in [-0.4, -0.2) is 77.0 Å². The fourth-order valence-corrected chi connectivity index (χ4v) is 6.82. The second-order valence-electron chi connectivity index (χ2n) is 14.7. The second-order valence-corrected chi connectivity index (χ2v) is 15.8. The van der Waals surface area contributed by atoms with Gasteiger partial charge in [0.2, 0.25) is 0 Å². The number of nitro groups is 2. The Hall–Kier alpha value is -5.37. The first-order chi connectivity index (χ1) is 31.6. The molecule has 2 saturated heterocycles. The van der Waals surface area contributed by atoms with Gasteiger partial charge in [-0.05, 0) is 130 Å². The zero-order chi connectivity index (χ0) is 50.3. The normalized spacial score (nSPS) is 13.5. The predicted octanol–water partition coefficient (Wildman–Crippen LogP) is 12.9. The number of rotatable bonds is 10. The molecule has 0 atom stereocenters. The molecule has 0 unspecified atom stereocenters. The van der Waals surface area contributed by atoms with E-state index in [2.05, 4.69) is 35.9 Å². The Labute approximate surface area is 400 Å². The molecule has 0 spiro atoms. The summed E-state index contributed by atoms with van der Waals surface area (Å²) in [5, 5.41) is 23.0. The van der Waals surface area contributed by atoms with Crippen LogP contribution in [0.5, 0.6) is 0 Å². The number of carbonyl (C=O) groups is 2. The van der Waals surface area contributed by atoms with Crippen molar-refractivity contribution in [3.63, 3.8) is 0 Å². The number of carbonyl (C=O) groups excluding carboxylic acids is 2. The first kappa shape index (κ1) is 57.8. The molecule has 0 aliphatic carbocycles. The number of amides is 1. The molecular weight excluding hydrogens is 955 g/mol. The Balaban J connectivity index is 0.000000335. The largest absolute Gasteiger partial charge is 0.416 e. The van der Waals surface area contributed by atoms with Crippen LogP contribution in [0.4, 0.5) is 60.5 Å². The number of piperidine rings is 2. The molecule has 67 heavy (non-hydrogen) atoms. The molecule has 0 radical (unpaired) electrons. The van der Waals surface area contributed by atoms with Gasteiger partial charge in [-0.1, -0.05) is 20.8 Å². The van der Waals surface area contributed by atoms with Gasteiger partial charge in [-0.25, -0.2) is 0 Å². The first-order valence-corrected chi connectivity index (χ1v) is 22.6. The van der Waals surface area contributed by atoms with E-state index < -0.39 is 44.5 Å². The van der Waals surface area contributed by atoms with Crippen molar-refractivity contribution in [2.24, 2.45) is 0 Å². The SMILES string of the molecule is CCN(CC)CC.ClCCl.Nc1cc(C(F)(F)F)ccc1N1CCCCC1.O=C(Cl)c1ccc([N+](=O)[O-])cc1.O=C(Nc1cc(C(F)(F)F)ccc1N1CCCCC1)c1ccc([N+](=O)[O-])cc1. The van der Waals surface area contributed by atoms with Crippen LogP contribution < -0.4 is 20.9 Å². The smallest absolute Gasteiger partial charge is 0.397 e. The molecule has 0 bridgehead atoms. The second kappa shape index (κ2) is 28.7. The number of non-ortho nitro benzene ring substituents is 2. The minimum atomic E-state index is -4.53. The van der Waals surface area contributed by atoms with Crippen molar-refractivity contribution in [2.45, 2.75) is 71.6 Å². The van der Waals surface area contributed by atoms with E-state index in [9.17, 15) is 56.2 Å². The molecule has 22 heteroatoms. The van der Waals surface area contributed by atoms with Crippen molar-refractivity contribution in [3.8, 4) is 0 Å². The van der Waals surface area contributed by atoms with Crippen LogP contribution in [0, 0.1) is 20.2 Å². The monoisotopic (exact) mass is 1010 g/mol. The van der Waals surface area contributed by atoms with Gasteiger partial charge in [-0.2, -0.15) is 26.3 Å². The lowest BCUT2D eigenvalue weighted by molar-refractivity contribution is -0.385. The number of nitrogen functional groups attached to an aromatic ring is 1. The molecule has 2 heterocycles. The third-order valence-corrected chi connectivity index (χ3v) is 10.5. The van der Waals surface area contributed by atoms with E-state index >= 15 is 0 Å². The third kappa shape index (κ3) is 19.8. The van der Waals surface area contributed by atoms with Crippen LogP contribution in [0.2, 0.25) is 0 Å². The maximum atomic E-state index is 13.1. The highest BCUT2D eigenvalue weighted by atomic mass is 35.5. The summed E-state index contributed by atoms with van der Waals surface area (Å²) in [6.07, 6.45) is -2.63. The highest BCUT2D eigenvalue weighted by Gasteiger charge is 2.33. The standard InChI is InChI=1S/C19H18F3N3O3.C12H15F3N2.C7H4ClNO3.C6H15N.CH2Cl2/c20-19(21,22)14-6-9-17(24-10-2-1-3-11-24)16(12-14)23-18(26)13-4-7-15(8-5-13)25(27)28;13-12(14,15)9-4-5-11(10(16)8-9)17-6-2-1-3-7-17;8-7(10)5-1-3-6(4-2-5)9(11)12;1-4-7(5-2)6-3;2-1-3/h4-9,12H,1-3,10-11H2,(H,23,26);4-5,8H,1-3,6-7,16H2;1-4H;4-6H2,1-3H3;1H2. The Morgan fingerprint density at radius 2 is 1.01 bits per heavy atom. The topological polar surface area (TPSA) is 168 Å². The molecule has 2 aliphatic heterocycles. The number of nitrogens with zero attached hydrogens (tertiary/aromatic N) is 5. The van der Waals surface area contributed by atoms with E-state index in [1.54, 1.807) is 0 Å². The first-order valence-electron chi connectivity index (χ1n) is 21.1. The van der Waals surface area contributed by atoms with Gasteiger partial charge in [-0.15, -0.1) is 23.2 Å². The van der Waals surface area contributed by atoms with Crippen LogP contribution in [-0.2, 0) is 12.4 Å². The molecule has 2 fully saturated rings. The van der Waals surface area contributed by atoms with E-state index in [-0.39, 0.29) is 39.2 Å². The number of hydrogen-bond acceptors (Lipinski definition) is 10. The summed E-state index contributed by atoms with van der Waals surface area (Å²) >= 11 is 14.7. The van der Waals surface area contributed by atoms with E-state index in [0.717, 1.165) is 75.1 Å². The molecule has 13 nitrogen and oxygen atoms in total. The fraction of sp³-hybridized carbons (Fsp3) is 0.422. The van der Waals surface area contributed by atoms with E-state index in [1.807, 2.05) is 4.90 Å². The number of benzene rings is 4. The van der Waals surface area contributed by atoms with Crippen molar-refractivity contribution >= 4 is 80.1 Å². The number of halogens is 9. The molecule has 6 rings (SSSR count). The van der Waals surface area contributed by atoms with Crippen molar-refractivity contribution < 1.29 is 45.8 Å². The number of nitrogens with two attached hydrogens (primary N) is 1. The highest BCUT2D eigenvalue weighted by Crippen LogP contribution is 2.37. The Morgan fingerprint density at radius 1 is 0.642 bits per heavy atom. The Bertz CT molecular complexity index is 2130. The summed E-state index contributed by atoms with van der Waals surface area (Å²) in [6.45, 7) is 13.3. The molecule has 4 aromatic rings. The van der Waals surface area contributed by atoms with Gasteiger partial charge < -0.3 is 25.8 Å². The van der Waals surface area contributed by atoms with E-state index in [1.165, 1.54) is 86.7 Å². The average molecular weight is 1010 g/mol. The molecule has 2 aliphatic rings. The van der Waals surface area contributed by atoms with Crippen LogP contribution in [0.15, 0.2) is 84.9 Å². The van der Waals surface area contributed by atoms with Crippen molar-refractivity contribution in [1.82, 2.24) is 4.90 Å². The lowest BCUT2D eigenvalue weighted by Crippen LogP contribution is -2.30. The Morgan fingerprint density at radius 3 is 1.36 bits per heavy atom. The van der Waals surface area contributed by atoms with Crippen LogP contribution in [0.1, 0.15) is 91.1 Å². The zero-order valence-electron chi connectivity index (χ0n) is 37.1. The molecule has 3 N–H and O–H groups in total. The predicted molar refractivity (Wildman–Crippen MR) is 254 cm³/mol. The van der Waals surface area contributed by atoms with Gasteiger partial charge in [0.05, 0.1) is 49.1 Å². The molecular formula is C45H54Cl3F6N7O6. The summed E-state index contributed by atoms with van der Waals surface area (Å²) < 4.78 is 76.8. The van der Waals surface area contributed by atoms with E-state index in [4.69, 9.17) is 40.5 Å². The van der Waals surface area contributed by atoms with Crippen LogP contribution >= 0.6 is 34.8 Å². The van der Waals surface area contributed by atoms with Gasteiger partial charge in [0.25, 0.3) is 22.5 Å². The van der Waals surface area contributed by atoms with Crippen LogP contribution in [0.3, 0.4) is 0 Å². The number of alkyl halides is 8. The number of anilines is 4. The molecule has 0 saturated carbocycles. The summed E-state index contributed by atoms with van der Waals surface area (Å²) in [6, 6.07) is 16.9. The fourth-order valence-electron chi connectivity index (χ4n) is 6.69. The number of nitro benzene ring substituents is 2. The van der Waals surface area contributed by atoms with Gasteiger partial charge in [0.15, 0.2) is 0 Å². The number of hydrogen-bond donors (Lipinski definition) is 2. The third-order valence-electron chi connectivity index (χ3n) is 10.3. The summed E-state index contributed by atoms with van der Waals surface area (Å²) in [4.78, 5) is 49.2. The highest BCUT2D eigenvalue weighted by molar-refractivity contribution is 6.67.